The van der Waals surface area contributed by atoms with Gasteiger partial charge in [0.2, 0.25) is 0 Å². The van der Waals surface area contributed by atoms with Crippen molar-refractivity contribution in [2.24, 2.45) is 17.8 Å². The monoisotopic (exact) mass is 310 g/mol. The predicted molar refractivity (Wildman–Crippen MR) is 89.9 cm³/mol. The lowest BCUT2D eigenvalue weighted by Gasteiger charge is -2.35. The van der Waals surface area contributed by atoms with E-state index in [4.69, 9.17) is 4.74 Å². The number of ether oxygens (including phenoxy) is 1. The Hall–Kier alpha value is -0.770. The maximum atomic E-state index is 11.8. The molecule has 0 aromatic rings. The van der Waals surface area contributed by atoms with Gasteiger partial charge in [-0.2, -0.15) is 0 Å². The number of nitrogens with one attached hydrogen (secondary N) is 2. The minimum Gasteiger partial charge on any atom is -0.444 e. The highest BCUT2D eigenvalue weighted by Gasteiger charge is 2.34. The molecule has 2 fully saturated rings. The highest BCUT2D eigenvalue weighted by Crippen LogP contribution is 2.35. The van der Waals surface area contributed by atoms with Crippen LogP contribution in [-0.4, -0.2) is 30.3 Å². The Morgan fingerprint density at radius 2 is 1.82 bits per heavy atom. The Bertz CT molecular complexity index is 374. The van der Waals surface area contributed by atoms with Crippen LogP contribution in [0.5, 0.6) is 0 Å². The minimum absolute atomic E-state index is 0.300. The summed E-state index contributed by atoms with van der Waals surface area (Å²) in [6.45, 7) is 11.1. The zero-order chi connectivity index (χ0) is 16.3. The van der Waals surface area contributed by atoms with E-state index < -0.39 is 5.60 Å². The van der Waals surface area contributed by atoms with Gasteiger partial charge in [-0.3, -0.25) is 0 Å². The molecule has 0 radical (unpaired) electrons. The number of carbonyl (C=O) groups is 1. The second-order valence-corrected chi connectivity index (χ2v) is 8.46. The molecule has 4 heteroatoms. The Balaban J connectivity index is 1.77. The van der Waals surface area contributed by atoms with E-state index in [2.05, 4.69) is 24.5 Å². The highest BCUT2D eigenvalue weighted by atomic mass is 16.6. The van der Waals surface area contributed by atoms with E-state index in [1.54, 1.807) is 0 Å². The molecule has 0 saturated heterocycles. The first-order chi connectivity index (χ1) is 10.2. The highest BCUT2D eigenvalue weighted by molar-refractivity contribution is 5.67. The van der Waals surface area contributed by atoms with Gasteiger partial charge in [0.05, 0.1) is 0 Å². The average molecular weight is 310 g/mol. The third-order valence-electron chi connectivity index (χ3n) is 5.10. The number of rotatable bonds is 5. The number of hydrogen-bond acceptors (Lipinski definition) is 3. The zero-order valence-electron chi connectivity index (χ0n) is 14.9. The number of amides is 1. The van der Waals surface area contributed by atoms with E-state index in [-0.39, 0.29) is 6.09 Å². The number of carbonyl (C=O) groups excluding carboxylic acids is 1. The van der Waals surface area contributed by atoms with Crippen LogP contribution in [0.15, 0.2) is 0 Å². The van der Waals surface area contributed by atoms with Crippen LogP contribution in [0.3, 0.4) is 0 Å². The van der Waals surface area contributed by atoms with Crippen LogP contribution in [0.4, 0.5) is 4.79 Å². The minimum atomic E-state index is -0.429. The molecule has 0 aliphatic heterocycles. The lowest BCUT2D eigenvalue weighted by molar-refractivity contribution is 0.0518. The summed E-state index contributed by atoms with van der Waals surface area (Å²) in [4.78, 5) is 11.8. The van der Waals surface area contributed by atoms with Gasteiger partial charge in [-0.05, 0) is 70.6 Å². The van der Waals surface area contributed by atoms with Crippen molar-refractivity contribution in [2.45, 2.75) is 84.4 Å². The van der Waals surface area contributed by atoms with Crippen LogP contribution in [0.2, 0.25) is 0 Å². The number of alkyl carbamates (subject to hydrolysis) is 1. The van der Waals surface area contributed by atoms with Gasteiger partial charge in [0.1, 0.15) is 5.60 Å². The molecule has 1 amide bonds. The molecule has 4 unspecified atom stereocenters. The summed E-state index contributed by atoms with van der Waals surface area (Å²) in [5.41, 5.74) is -0.429. The second-order valence-electron chi connectivity index (χ2n) is 8.46. The first-order valence-electron chi connectivity index (χ1n) is 8.97. The Morgan fingerprint density at radius 1 is 1.14 bits per heavy atom. The van der Waals surface area contributed by atoms with Crippen molar-refractivity contribution in [3.63, 3.8) is 0 Å². The molecule has 0 spiro atoms. The Labute approximate surface area is 135 Å². The van der Waals surface area contributed by atoms with Crippen LogP contribution in [0, 0.1) is 17.8 Å². The average Bonchev–Trinajstić information content (AvgIpc) is 3.21. The SMILES string of the molecule is CC1CCC(NC(CNC(=O)OC(C)(C)C)C2CC2)CC1C. The van der Waals surface area contributed by atoms with Crippen LogP contribution in [-0.2, 0) is 4.74 Å². The molecule has 2 N–H and O–H groups in total. The lowest BCUT2D eigenvalue weighted by Crippen LogP contribution is -2.49. The van der Waals surface area contributed by atoms with Crippen LogP contribution < -0.4 is 10.6 Å². The van der Waals surface area contributed by atoms with Crippen molar-refractivity contribution in [1.82, 2.24) is 10.6 Å². The lowest BCUT2D eigenvalue weighted by atomic mass is 9.79. The molecule has 4 atom stereocenters. The quantitative estimate of drug-likeness (QED) is 0.814. The first-order valence-corrected chi connectivity index (χ1v) is 8.97. The maximum absolute atomic E-state index is 11.8. The summed E-state index contributed by atoms with van der Waals surface area (Å²) in [6.07, 6.45) is 6.11. The molecule has 2 rings (SSSR count). The van der Waals surface area contributed by atoms with Crippen molar-refractivity contribution >= 4 is 6.09 Å². The van der Waals surface area contributed by atoms with Gasteiger partial charge in [-0.15, -0.1) is 0 Å². The van der Waals surface area contributed by atoms with E-state index in [1.807, 2.05) is 20.8 Å². The van der Waals surface area contributed by atoms with Crippen LogP contribution in [0.25, 0.3) is 0 Å². The van der Waals surface area contributed by atoms with E-state index in [9.17, 15) is 4.79 Å². The van der Waals surface area contributed by atoms with Crippen LogP contribution in [0.1, 0.15) is 66.7 Å². The second kappa shape index (κ2) is 7.20. The molecule has 2 aliphatic carbocycles. The van der Waals surface area contributed by atoms with Crippen molar-refractivity contribution < 1.29 is 9.53 Å². The smallest absolute Gasteiger partial charge is 0.407 e. The van der Waals surface area contributed by atoms with Gasteiger partial charge in [-0.25, -0.2) is 4.79 Å². The molecular formula is C18H34N2O2. The Morgan fingerprint density at radius 3 is 2.36 bits per heavy atom. The largest absolute Gasteiger partial charge is 0.444 e. The molecule has 128 valence electrons. The van der Waals surface area contributed by atoms with Gasteiger partial charge in [0.15, 0.2) is 0 Å². The van der Waals surface area contributed by atoms with Crippen molar-refractivity contribution in [3.05, 3.63) is 0 Å². The summed E-state index contributed by atoms with van der Waals surface area (Å²) in [5, 5.41) is 6.76. The summed E-state index contributed by atoms with van der Waals surface area (Å²) in [5.74, 6) is 2.37. The summed E-state index contributed by atoms with van der Waals surface area (Å²) >= 11 is 0. The zero-order valence-corrected chi connectivity index (χ0v) is 14.9. The van der Waals surface area contributed by atoms with E-state index >= 15 is 0 Å². The first kappa shape index (κ1) is 17.6. The van der Waals surface area contributed by atoms with Crippen molar-refractivity contribution in [2.75, 3.05) is 6.54 Å². The molecule has 2 aliphatic rings. The van der Waals surface area contributed by atoms with Gasteiger partial charge < -0.3 is 15.4 Å². The van der Waals surface area contributed by atoms with Crippen molar-refractivity contribution in [1.29, 1.82) is 0 Å². The predicted octanol–water partition coefficient (Wildman–Crippen LogP) is 3.70. The fourth-order valence-corrected chi connectivity index (χ4v) is 3.37. The summed E-state index contributed by atoms with van der Waals surface area (Å²) in [7, 11) is 0. The fourth-order valence-electron chi connectivity index (χ4n) is 3.37. The molecular weight excluding hydrogens is 276 g/mol. The van der Waals surface area contributed by atoms with E-state index in [0.29, 0.717) is 18.6 Å². The molecule has 22 heavy (non-hydrogen) atoms. The standard InChI is InChI=1S/C18H34N2O2/c1-12-6-9-15(10-13(12)2)20-16(14-7-8-14)11-19-17(21)22-18(3,4)5/h12-16,20H,6-11H2,1-5H3,(H,19,21). The molecule has 0 heterocycles. The van der Waals surface area contributed by atoms with E-state index in [0.717, 1.165) is 17.8 Å². The fraction of sp³-hybridized carbons (Fsp3) is 0.944. The molecule has 4 nitrogen and oxygen atoms in total. The maximum Gasteiger partial charge on any atom is 0.407 e. The molecule has 2 saturated carbocycles. The summed E-state index contributed by atoms with van der Waals surface area (Å²) < 4.78 is 5.33. The molecule has 0 aromatic heterocycles. The van der Waals surface area contributed by atoms with Gasteiger partial charge >= 0.3 is 6.09 Å². The molecule has 0 bridgehead atoms. The topological polar surface area (TPSA) is 50.4 Å². The molecule has 0 aromatic carbocycles. The third kappa shape index (κ3) is 5.79. The van der Waals surface area contributed by atoms with Crippen LogP contribution >= 0.6 is 0 Å². The van der Waals surface area contributed by atoms with Gasteiger partial charge in [-0.1, -0.05) is 13.8 Å². The third-order valence-corrected chi connectivity index (χ3v) is 5.10. The van der Waals surface area contributed by atoms with Gasteiger partial charge in [0.25, 0.3) is 0 Å². The van der Waals surface area contributed by atoms with Crippen molar-refractivity contribution in [3.8, 4) is 0 Å². The van der Waals surface area contributed by atoms with E-state index in [1.165, 1.54) is 32.1 Å². The summed E-state index contributed by atoms with van der Waals surface area (Å²) in [6, 6.07) is 1.01. The van der Waals surface area contributed by atoms with Gasteiger partial charge in [0, 0.05) is 18.6 Å². The normalized spacial score (nSPS) is 30.7. The Kier molecular flexibility index (Phi) is 5.76. The number of hydrogen-bond donors (Lipinski definition) is 2.